The van der Waals surface area contributed by atoms with Crippen molar-refractivity contribution in [3.8, 4) is 34.3 Å². The average molecular weight is 525 g/mol. The molecule has 3 aromatic carbocycles. The molecule has 1 aliphatic rings. The van der Waals surface area contributed by atoms with Crippen LogP contribution in [0.5, 0.6) is 23.0 Å². The molecule has 1 aliphatic heterocycles. The Morgan fingerprint density at radius 1 is 0.949 bits per heavy atom. The number of H-pyrrole nitrogens is 2. The molecular formula is C30H28N4O5. The molecule has 0 radical (unpaired) electrons. The number of rotatable bonds is 8. The van der Waals surface area contributed by atoms with Gasteiger partial charge in [0.2, 0.25) is 0 Å². The van der Waals surface area contributed by atoms with E-state index >= 15 is 0 Å². The van der Waals surface area contributed by atoms with Crippen LogP contribution in [-0.4, -0.2) is 59.0 Å². The number of nitrogens with zero attached hydrogens (tertiary/aromatic N) is 2. The van der Waals surface area contributed by atoms with E-state index in [2.05, 4.69) is 15.2 Å². The first-order valence-electron chi connectivity index (χ1n) is 12.6. The van der Waals surface area contributed by atoms with Crippen molar-refractivity contribution in [2.75, 3.05) is 27.9 Å². The molecule has 0 fully saturated rings. The van der Waals surface area contributed by atoms with Crippen LogP contribution in [0.2, 0.25) is 0 Å². The summed E-state index contributed by atoms with van der Waals surface area (Å²) in [7, 11) is 4.78. The predicted molar refractivity (Wildman–Crippen MR) is 147 cm³/mol. The minimum atomic E-state index is -0.433. The molecule has 0 aliphatic carbocycles. The Balaban J connectivity index is 1.41. The Morgan fingerprint density at radius 3 is 2.46 bits per heavy atom. The van der Waals surface area contributed by atoms with Crippen LogP contribution in [0.25, 0.3) is 22.2 Å². The smallest absolute Gasteiger partial charge is 0.273 e. The zero-order valence-electron chi connectivity index (χ0n) is 21.8. The molecule has 5 aromatic rings. The summed E-state index contributed by atoms with van der Waals surface area (Å²) in [6, 6.07) is 18.3. The summed E-state index contributed by atoms with van der Waals surface area (Å²) in [5.41, 5.74) is 5.71. The molecule has 0 spiro atoms. The number of aromatic nitrogens is 3. The molecule has 39 heavy (non-hydrogen) atoms. The topological polar surface area (TPSA) is 113 Å². The van der Waals surface area contributed by atoms with Crippen LogP contribution >= 0.6 is 0 Å². The zero-order valence-corrected chi connectivity index (χ0v) is 21.8. The molecule has 9 nitrogen and oxygen atoms in total. The number of fused-ring (bicyclic) bond motifs is 2. The van der Waals surface area contributed by atoms with Gasteiger partial charge in [0.15, 0.2) is 11.5 Å². The van der Waals surface area contributed by atoms with Gasteiger partial charge in [-0.05, 0) is 72.1 Å². The lowest BCUT2D eigenvalue weighted by molar-refractivity contribution is 0.0746. The highest BCUT2D eigenvalue weighted by Gasteiger charge is 2.42. The number of amides is 1. The lowest BCUT2D eigenvalue weighted by Crippen LogP contribution is -2.31. The Morgan fingerprint density at radius 2 is 1.72 bits per heavy atom. The van der Waals surface area contributed by atoms with E-state index in [-0.39, 0.29) is 11.7 Å². The standard InChI is InChI=1S/C30H28N4O5/c1-37-20-7-4-17(5-8-20)27-26-28(33-32-27)30(36)34(29(26)18-6-11-24(35)25(14-18)39-3)13-12-19-16-31-23-10-9-21(38-2)15-22(19)23/h4-11,14-16,29,31,35H,12-13H2,1-3H3,(H,32,33)/t29-/m0/s1. The fourth-order valence-electron chi connectivity index (χ4n) is 5.34. The van der Waals surface area contributed by atoms with Gasteiger partial charge in [-0.3, -0.25) is 9.89 Å². The van der Waals surface area contributed by atoms with Crippen LogP contribution < -0.4 is 14.2 Å². The number of aromatic hydroxyl groups is 1. The van der Waals surface area contributed by atoms with Gasteiger partial charge in [0, 0.05) is 34.8 Å². The zero-order chi connectivity index (χ0) is 27.1. The molecule has 198 valence electrons. The molecule has 0 unspecified atom stereocenters. The van der Waals surface area contributed by atoms with E-state index in [0.717, 1.165) is 44.7 Å². The first-order chi connectivity index (χ1) is 19.0. The molecule has 1 atom stereocenters. The van der Waals surface area contributed by atoms with Crippen molar-refractivity contribution in [3.05, 3.63) is 89.2 Å². The number of hydrogen-bond acceptors (Lipinski definition) is 6. The average Bonchev–Trinajstić information content (AvgIpc) is 3.66. The monoisotopic (exact) mass is 524 g/mol. The lowest BCUT2D eigenvalue weighted by atomic mass is 9.95. The van der Waals surface area contributed by atoms with Crippen molar-refractivity contribution in [3.63, 3.8) is 0 Å². The summed E-state index contributed by atoms with van der Waals surface area (Å²) in [4.78, 5) is 19.0. The minimum absolute atomic E-state index is 0.0349. The molecule has 0 bridgehead atoms. The van der Waals surface area contributed by atoms with Crippen LogP contribution in [0, 0.1) is 0 Å². The number of carbonyl (C=O) groups is 1. The number of phenolic OH excluding ortho intramolecular Hbond substituents is 1. The lowest BCUT2D eigenvalue weighted by Gasteiger charge is -2.27. The maximum atomic E-state index is 13.8. The number of aromatic amines is 2. The van der Waals surface area contributed by atoms with Gasteiger partial charge in [0.05, 0.1) is 33.1 Å². The van der Waals surface area contributed by atoms with Gasteiger partial charge in [0.25, 0.3) is 5.91 Å². The number of nitrogens with one attached hydrogen (secondary N) is 2. The van der Waals surface area contributed by atoms with E-state index in [9.17, 15) is 9.90 Å². The first kappa shape index (κ1) is 24.4. The Labute approximate surface area is 224 Å². The molecule has 9 heteroatoms. The van der Waals surface area contributed by atoms with Crippen molar-refractivity contribution in [1.82, 2.24) is 20.1 Å². The van der Waals surface area contributed by atoms with E-state index in [4.69, 9.17) is 14.2 Å². The summed E-state index contributed by atoms with van der Waals surface area (Å²) in [6.45, 7) is 0.460. The largest absolute Gasteiger partial charge is 0.504 e. The van der Waals surface area contributed by atoms with E-state index in [1.807, 2.05) is 59.6 Å². The Bertz CT molecular complexity index is 1670. The number of phenols is 1. The van der Waals surface area contributed by atoms with E-state index in [1.165, 1.54) is 7.11 Å². The summed E-state index contributed by atoms with van der Waals surface area (Å²) >= 11 is 0. The molecule has 3 heterocycles. The number of carbonyl (C=O) groups excluding carboxylic acids is 1. The quantitative estimate of drug-likeness (QED) is 0.261. The fraction of sp³-hybridized carbons (Fsp3) is 0.200. The highest BCUT2D eigenvalue weighted by Crippen LogP contribution is 2.44. The molecule has 2 aromatic heterocycles. The molecule has 3 N–H and O–H groups in total. The number of methoxy groups -OCH3 is 3. The van der Waals surface area contributed by atoms with Gasteiger partial charge in [0.1, 0.15) is 17.2 Å². The van der Waals surface area contributed by atoms with Crippen LogP contribution in [0.4, 0.5) is 0 Å². The fourth-order valence-corrected chi connectivity index (χ4v) is 5.34. The summed E-state index contributed by atoms with van der Waals surface area (Å²) in [5.74, 6) is 1.75. The van der Waals surface area contributed by atoms with Gasteiger partial charge in [-0.25, -0.2) is 0 Å². The highest BCUT2D eigenvalue weighted by atomic mass is 16.5. The summed E-state index contributed by atoms with van der Waals surface area (Å²) < 4.78 is 16.1. The van der Waals surface area contributed by atoms with Crippen LogP contribution in [0.1, 0.15) is 33.2 Å². The van der Waals surface area contributed by atoms with E-state index in [0.29, 0.717) is 30.1 Å². The van der Waals surface area contributed by atoms with Crippen LogP contribution in [0.3, 0.4) is 0 Å². The second-order valence-corrected chi connectivity index (χ2v) is 9.40. The van der Waals surface area contributed by atoms with Gasteiger partial charge in [-0.2, -0.15) is 5.10 Å². The maximum Gasteiger partial charge on any atom is 0.273 e. The number of hydrogen-bond donors (Lipinski definition) is 3. The maximum absolute atomic E-state index is 13.8. The predicted octanol–water partition coefficient (Wildman–Crippen LogP) is 5.08. The van der Waals surface area contributed by atoms with Crippen LogP contribution in [-0.2, 0) is 6.42 Å². The molecule has 1 amide bonds. The van der Waals surface area contributed by atoms with Crippen molar-refractivity contribution in [2.24, 2.45) is 0 Å². The van der Waals surface area contributed by atoms with Gasteiger partial charge < -0.3 is 29.2 Å². The summed E-state index contributed by atoms with van der Waals surface area (Å²) in [6.07, 6.45) is 2.60. The SMILES string of the molecule is COc1ccc(-c2n[nH]c3c2[C@H](c2ccc(O)c(OC)c2)N(CCc2c[nH]c4ccc(OC)cc24)C3=O)cc1. The van der Waals surface area contributed by atoms with Crippen molar-refractivity contribution < 1.29 is 24.1 Å². The van der Waals surface area contributed by atoms with Gasteiger partial charge in [-0.15, -0.1) is 0 Å². The second-order valence-electron chi connectivity index (χ2n) is 9.40. The van der Waals surface area contributed by atoms with E-state index < -0.39 is 6.04 Å². The van der Waals surface area contributed by atoms with Gasteiger partial charge >= 0.3 is 0 Å². The minimum Gasteiger partial charge on any atom is -0.504 e. The van der Waals surface area contributed by atoms with Gasteiger partial charge in [-0.1, -0.05) is 6.07 Å². The normalized spacial score (nSPS) is 14.6. The van der Waals surface area contributed by atoms with E-state index in [1.54, 1.807) is 26.4 Å². The first-order valence-corrected chi connectivity index (χ1v) is 12.6. The highest BCUT2D eigenvalue weighted by molar-refractivity contribution is 6.00. The Kier molecular flexibility index (Phi) is 6.11. The molecule has 0 saturated heterocycles. The third-order valence-electron chi connectivity index (χ3n) is 7.34. The van der Waals surface area contributed by atoms with Crippen molar-refractivity contribution >= 4 is 16.8 Å². The number of ether oxygens (including phenoxy) is 3. The van der Waals surface area contributed by atoms with Crippen molar-refractivity contribution in [2.45, 2.75) is 12.5 Å². The van der Waals surface area contributed by atoms with Crippen molar-refractivity contribution in [1.29, 1.82) is 0 Å². The molecular weight excluding hydrogens is 496 g/mol. The number of benzene rings is 3. The second kappa shape index (κ2) is 9.75. The Hall–Kier alpha value is -4.92. The third kappa shape index (κ3) is 4.12. The van der Waals surface area contributed by atoms with Crippen LogP contribution in [0.15, 0.2) is 66.9 Å². The molecule has 0 saturated carbocycles. The third-order valence-corrected chi connectivity index (χ3v) is 7.34. The summed E-state index contributed by atoms with van der Waals surface area (Å²) in [5, 5.41) is 18.8. The molecule has 6 rings (SSSR count).